The second-order valence-corrected chi connectivity index (χ2v) is 7.62. The summed E-state index contributed by atoms with van der Waals surface area (Å²) in [4.78, 5) is 18.8. The Morgan fingerprint density at radius 2 is 1.76 bits per heavy atom. The Hall–Kier alpha value is -0.650. The SMILES string of the molecule is CN1CCC(N(C)CCN(C)C(=O)[C@H](N)C(C)(C)C)CC1. The first-order chi connectivity index (χ1) is 9.62. The predicted molar refractivity (Wildman–Crippen MR) is 88.2 cm³/mol. The summed E-state index contributed by atoms with van der Waals surface area (Å²) in [5, 5.41) is 0. The number of carbonyl (C=O) groups is 1. The van der Waals surface area contributed by atoms with Crippen molar-refractivity contribution in [2.75, 3.05) is 47.3 Å². The Kier molecular flexibility index (Phi) is 6.63. The number of likely N-dealkylation sites (tertiary alicyclic amines) is 1. The van der Waals surface area contributed by atoms with Crippen LogP contribution in [-0.4, -0.2) is 80.0 Å². The molecule has 0 saturated carbocycles. The van der Waals surface area contributed by atoms with Crippen LogP contribution in [0.1, 0.15) is 33.6 Å². The Bertz CT molecular complexity index is 332. The van der Waals surface area contributed by atoms with Gasteiger partial charge in [-0.3, -0.25) is 4.79 Å². The van der Waals surface area contributed by atoms with Crippen molar-refractivity contribution in [1.82, 2.24) is 14.7 Å². The molecule has 1 aliphatic heterocycles. The maximum absolute atomic E-state index is 12.3. The van der Waals surface area contributed by atoms with Crippen molar-refractivity contribution in [2.24, 2.45) is 11.1 Å². The number of piperidine rings is 1. The van der Waals surface area contributed by atoms with Crippen LogP contribution in [0, 0.1) is 5.41 Å². The van der Waals surface area contributed by atoms with Crippen LogP contribution < -0.4 is 5.73 Å². The first-order valence-corrected chi connectivity index (χ1v) is 8.02. The molecule has 0 bridgehead atoms. The molecule has 1 fully saturated rings. The zero-order valence-corrected chi connectivity index (χ0v) is 14.7. The van der Waals surface area contributed by atoms with Crippen LogP contribution >= 0.6 is 0 Å². The Balaban J connectivity index is 2.38. The van der Waals surface area contributed by atoms with E-state index in [0.717, 1.165) is 13.1 Å². The van der Waals surface area contributed by atoms with Gasteiger partial charge in [-0.1, -0.05) is 20.8 Å². The summed E-state index contributed by atoms with van der Waals surface area (Å²) in [6.07, 6.45) is 2.43. The molecule has 0 aromatic carbocycles. The van der Waals surface area contributed by atoms with Crippen LogP contribution in [0.25, 0.3) is 0 Å². The molecule has 0 spiro atoms. The lowest BCUT2D eigenvalue weighted by molar-refractivity contribution is -0.133. The molecule has 5 nitrogen and oxygen atoms in total. The molecule has 21 heavy (non-hydrogen) atoms. The second-order valence-electron chi connectivity index (χ2n) is 7.62. The highest BCUT2D eigenvalue weighted by Crippen LogP contribution is 2.19. The van der Waals surface area contributed by atoms with Gasteiger partial charge in [0.1, 0.15) is 0 Å². The molecule has 0 unspecified atom stereocenters. The smallest absolute Gasteiger partial charge is 0.239 e. The summed E-state index contributed by atoms with van der Waals surface area (Å²) in [7, 11) is 6.20. The number of nitrogens with two attached hydrogens (primary N) is 1. The van der Waals surface area contributed by atoms with E-state index in [0.29, 0.717) is 6.04 Å². The Morgan fingerprint density at radius 3 is 2.24 bits per heavy atom. The number of amides is 1. The molecule has 0 aromatic heterocycles. The van der Waals surface area contributed by atoms with Crippen molar-refractivity contribution in [3.05, 3.63) is 0 Å². The van der Waals surface area contributed by atoms with E-state index in [9.17, 15) is 4.79 Å². The van der Waals surface area contributed by atoms with E-state index in [1.54, 1.807) is 4.90 Å². The van der Waals surface area contributed by atoms with Crippen molar-refractivity contribution in [3.63, 3.8) is 0 Å². The average Bonchev–Trinajstić information content (AvgIpc) is 2.42. The number of hydrogen-bond donors (Lipinski definition) is 1. The highest BCUT2D eigenvalue weighted by atomic mass is 16.2. The van der Waals surface area contributed by atoms with E-state index in [4.69, 9.17) is 5.73 Å². The minimum absolute atomic E-state index is 0.0410. The van der Waals surface area contributed by atoms with E-state index in [1.807, 2.05) is 27.8 Å². The standard InChI is InChI=1S/C16H34N4O/c1-16(2,3)14(17)15(21)20(6)12-11-19(5)13-7-9-18(4)10-8-13/h13-14H,7-12,17H2,1-6H3/t14-/m0/s1. The quantitative estimate of drug-likeness (QED) is 0.817. The number of rotatable bonds is 5. The van der Waals surface area contributed by atoms with Gasteiger partial charge in [-0.05, 0) is 45.4 Å². The summed E-state index contributed by atoms with van der Waals surface area (Å²) in [5.41, 5.74) is 5.86. The zero-order valence-electron chi connectivity index (χ0n) is 14.7. The predicted octanol–water partition coefficient (Wildman–Crippen LogP) is 0.844. The first kappa shape index (κ1) is 18.4. The fourth-order valence-electron chi connectivity index (χ4n) is 2.64. The van der Waals surface area contributed by atoms with Gasteiger partial charge in [-0.15, -0.1) is 0 Å². The van der Waals surface area contributed by atoms with E-state index in [2.05, 4.69) is 23.9 Å². The monoisotopic (exact) mass is 298 g/mol. The lowest BCUT2D eigenvalue weighted by atomic mass is 9.86. The van der Waals surface area contributed by atoms with Crippen LogP contribution in [-0.2, 0) is 4.79 Å². The molecule has 1 aliphatic rings. The lowest BCUT2D eigenvalue weighted by Gasteiger charge is -2.36. The van der Waals surface area contributed by atoms with Gasteiger partial charge in [0.05, 0.1) is 6.04 Å². The van der Waals surface area contributed by atoms with Gasteiger partial charge in [0, 0.05) is 26.2 Å². The summed E-state index contributed by atoms with van der Waals surface area (Å²) < 4.78 is 0. The lowest BCUT2D eigenvalue weighted by Crippen LogP contribution is -2.51. The molecule has 1 atom stereocenters. The van der Waals surface area contributed by atoms with Crippen LogP contribution in [0.4, 0.5) is 0 Å². The topological polar surface area (TPSA) is 52.8 Å². The molecule has 0 aliphatic carbocycles. The van der Waals surface area contributed by atoms with Gasteiger partial charge in [0.25, 0.3) is 0 Å². The third-order valence-electron chi connectivity index (χ3n) is 4.67. The van der Waals surface area contributed by atoms with E-state index < -0.39 is 6.04 Å². The van der Waals surface area contributed by atoms with Gasteiger partial charge in [-0.25, -0.2) is 0 Å². The van der Waals surface area contributed by atoms with Gasteiger partial charge in [0.15, 0.2) is 0 Å². The minimum Gasteiger partial charge on any atom is -0.343 e. The van der Waals surface area contributed by atoms with E-state index >= 15 is 0 Å². The molecule has 0 aromatic rings. The zero-order chi connectivity index (χ0) is 16.2. The highest BCUT2D eigenvalue weighted by Gasteiger charge is 2.30. The highest BCUT2D eigenvalue weighted by molar-refractivity contribution is 5.82. The largest absolute Gasteiger partial charge is 0.343 e. The fraction of sp³-hybridized carbons (Fsp3) is 0.938. The van der Waals surface area contributed by atoms with Crippen LogP contribution in [0.15, 0.2) is 0 Å². The summed E-state index contributed by atoms with van der Waals surface area (Å²) in [6.45, 7) is 10.0. The fourth-order valence-corrected chi connectivity index (χ4v) is 2.64. The molecule has 124 valence electrons. The second kappa shape index (κ2) is 7.56. The molecule has 1 saturated heterocycles. The molecular weight excluding hydrogens is 264 g/mol. The molecule has 1 rings (SSSR count). The minimum atomic E-state index is -0.434. The van der Waals surface area contributed by atoms with Crippen molar-refractivity contribution >= 4 is 5.91 Å². The number of nitrogens with zero attached hydrogens (tertiary/aromatic N) is 3. The Morgan fingerprint density at radius 1 is 1.24 bits per heavy atom. The van der Waals surface area contributed by atoms with Crippen molar-refractivity contribution in [2.45, 2.75) is 45.7 Å². The molecule has 5 heteroatoms. The third-order valence-corrected chi connectivity index (χ3v) is 4.67. The summed E-state index contributed by atoms with van der Waals surface area (Å²) in [6, 6.07) is 0.206. The van der Waals surface area contributed by atoms with E-state index in [1.165, 1.54) is 25.9 Å². The van der Waals surface area contributed by atoms with Crippen LogP contribution in [0.3, 0.4) is 0 Å². The summed E-state index contributed by atoms with van der Waals surface area (Å²) in [5.74, 6) is 0.0410. The van der Waals surface area contributed by atoms with Gasteiger partial charge in [-0.2, -0.15) is 0 Å². The molecule has 2 N–H and O–H groups in total. The third kappa shape index (κ3) is 5.57. The molecule has 1 heterocycles. The van der Waals surface area contributed by atoms with Gasteiger partial charge < -0.3 is 20.4 Å². The average molecular weight is 298 g/mol. The van der Waals surface area contributed by atoms with Crippen molar-refractivity contribution < 1.29 is 4.79 Å². The van der Waals surface area contributed by atoms with Gasteiger partial charge >= 0.3 is 0 Å². The molecule has 1 amide bonds. The maximum Gasteiger partial charge on any atom is 0.239 e. The Labute approximate surface area is 130 Å². The molecule has 0 radical (unpaired) electrons. The van der Waals surface area contributed by atoms with Gasteiger partial charge in [0.2, 0.25) is 5.91 Å². The number of hydrogen-bond acceptors (Lipinski definition) is 4. The summed E-state index contributed by atoms with van der Waals surface area (Å²) >= 11 is 0. The molecular formula is C16H34N4O. The number of carbonyl (C=O) groups excluding carboxylic acids is 1. The van der Waals surface area contributed by atoms with Crippen molar-refractivity contribution in [1.29, 1.82) is 0 Å². The first-order valence-electron chi connectivity index (χ1n) is 8.02. The van der Waals surface area contributed by atoms with Crippen LogP contribution in [0.5, 0.6) is 0 Å². The number of likely N-dealkylation sites (N-methyl/N-ethyl adjacent to an activating group) is 2. The van der Waals surface area contributed by atoms with E-state index in [-0.39, 0.29) is 11.3 Å². The van der Waals surface area contributed by atoms with Crippen LogP contribution in [0.2, 0.25) is 0 Å². The normalized spacial score (nSPS) is 19.8. The van der Waals surface area contributed by atoms with Crippen molar-refractivity contribution in [3.8, 4) is 0 Å². The maximum atomic E-state index is 12.3.